The van der Waals surface area contributed by atoms with Crippen LogP contribution in [0.25, 0.3) is 0 Å². The van der Waals surface area contributed by atoms with Crippen LogP contribution in [0.3, 0.4) is 0 Å². The lowest BCUT2D eigenvalue weighted by molar-refractivity contribution is 0.0697. The van der Waals surface area contributed by atoms with E-state index in [0.29, 0.717) is 10.9 Å². The van der Waals surface area contributed by atoms with Crippen LogP contribution in [0.1, 0.15) is 10.4 Å². The highest BCUT2D eigenvalue weighted by molar-refractivity contribution is 8.13. The Balaban J connectivity index is 3.08. The number of thioether (sulfide) groups is 1. The zero-order valence-electron chi connectivity index (χ0n) is 8.77. The molecule has 1 rings (SSSR count). The molecule has 0 aliphatic rings. The topological polar surface area (TPSA) is 85.5 Å². The Kier molecular flexibility index (Phi) is 4.82. The second kappa shape index (κ2) is 6.13. The number of aromatic carboxylic acids is 1. The van der Waals surface area contributed by atoms with Gasteiger partial charge in [-0.3, -0.25) is 5.32 Å². The third kappa shape index (κ3) is 3.66. The molecule has 1 aromatic carbocycles. The van der Waals surface area contributed by atoms with Crippen LogP contribution in [0.15, 0.2) is 23.2 Å². The van der Waals surface area contributed by atoms with Gasteiger partial charge < -0.3 is 5.11 Å². The first-order chi connectivity index (χ1) is 8.08. The van der Waals surface area contributed by atoms with Crippen molar-refractivity contribution >= 4 is 40.2 Å². The molecule has 0 aromatic heterocycles. The monoisotopic (exact) mass is 269 g/mol. The lowest BCUT2D eigenvalue weighted by Gasteiger charge is -2.02. The highest BCUT2D eigenvalue weighted by atomic mass is 35.5. The van der Waals surface area contributed by atoms with Gasteiger partial charge in [-0.1, -0.05) is 23.4 Å². The molecule has 0 heterocycles. The molecule has 2 N–H and O–H groups in total. The third-order valence-corrected chi connectivity index (χ3v) is 2.66. The number of hydrogen-bond acceptors (Lipinski definition) is 4. The summed E-state index contributed by atoms with van der Waals surface area (Å²) in [5.41, 5.74) is 0.497. The summed E-state index contributed by atoms with van der Waals surface area (Å²) < 4.78 is 0. The number of amidine groups is 1. The van der Waals surface area contributed by atoms with Crippen molar-refractivity contribution in [2.24, 2.45) is 4.99 Å². The summed E-state index contributed by atoms with van der Waals surface area (Å²) in [5.74, 6) is -1.05. The van der Waals surface area contributed by atoms with Crippen LogP contribution in [-0.4, -0.2) is 22.5 Å². The van der Waals surface area contributed by atoms with E-state index < -0.39 is 5.97 Å². The molecule has 7 heteroatoms. The van der Waals surface area contributed by atoms with E-state index in [-0.39, 0.29) is 10.6 Å². The van der Waals surface area contributed by atoms with Crippen LogP contribution in [0.4, 0.5) is 5.69 Å². The number of nitrogens with one attached hydrogen (secondary N) is 1. The van der Waals surface area contributed by atoms with Gasteiger partial charge in [-0.2, -0.15) is 5.26 Å². The standard InChI is InChI=1S/C10H8ClN3O2S/c1-17-10(13-5-12)14-8-3-2-6(9(15)16)4-7(8)11/h2-4H,1H3,(H,13,14)(H,15,16). The van der Waals surface area contributed by atoms with E-state index in [1.54, 1.807) is 12.4 Å². The summed E-state index contributed by atoms with van der Waals surface area (Å²) in [6.07, 6.45) is 3.50. The Morgan fingerprint density at radius 3 is 2.82 bits per heavy atom. The lowest BCUT2D eigenvalue weighted by Crippen LogP contribution is -2.12. The molecular weight excluding hydrogens is 262 g/mol. The number of nitrogens with zero attached hydrogens (tertiary/aromatic N) is 2. The van der Waals surface area contributed by atoms with Crippen molar-refractivity contribution in [3.05, 3.63) is 28.8 Å². The van der Waals surface area contributed by atoms with Crippen molar-refractivity contribution in [1.29, 1.82) is 5.26 Å². The maximum Gasteiger partial charge on any atom is 0.335 e. The number of hydrogen-bond donors (Lipinski definition) is 2. The van der Waals surface area contributed by atoms with E-state index in [9.17, 15) is 4.79 Å². The molecule has 0 saturated heterocycles. The van der Waals surface area contributed by atoms with Crippen molar-refractivity contribution in [2.75, 3.05) is 6.26 Å². The fourth-order valence-corrected chi connectivity index (χ4v) is 1.57. The molecule has 0 spiro atoms. The second-order valence-electron chi connectivity index (χ2n) is 2.83. The predicted molar refractivity (Wildman–Crippen MR) is 67.8 cm³/mol. The molecule has 0 aliphatic heterocycles. The molecule has 0 fully saturated rings. The number of aliphatic imine (C=N–C) groups is 1. The van der Waals surface area contributed by atoms with Gasteiger partial charge in [0.2, 0.25) is 0 Å². The van der Waals surface area contributed by atoms with Gasteiger partial charge in [0.05, 0.1) is 16.3 Å². The van der Waals surface area contributed by atoms with Crippen LogP contribution >= 0.6 is 23.4 Å². The number of carboxylic acid groups (broad SMARTS) is 1. The van der Waals surface area contributed by atoms with Crippen LogP contribution in [0.5, 0.6) is 0 Å². The molecule has 0 atom stereocenters. The third-order valence-electron chi connectivity index (χ3n) is 1.77. The van der Waals surface area contributed by atoms with E-state index in [1.165, 1.54) is 30.0 Å². The fraction of sp³-hybridized carbons (Fsp3) is 0.100. The SMILES string of the molecule is CSC(=Nc1ccc(C(=O)O)cc1Cl)NC#N. The molecule has 0 aliphatic carbocycles. The molecule has 17 heavy (non-hydrogen) atoms. The maximum absolute atomic E-state index is 10.7. The maximum atomic E-state index is 10.7. The van der Waals surface area contributed by atoms with E-state index >= 15 is 0 Å². The molecule has 0 unspecified atom stereocenters. The van der Waals surface area contributed by atoms with Crippen molar-refractivity contribution in [3.8, 4) is 6.19 Å². The number of benzene rings is 1. The molecule has 88 valence electrons. The van der Waals surface area contributed by atoms with Gasteiger partial charge >= 0.3 is 5.97 Å². The van der Waals surface area contributed by atoms with Crippen molar-refractivity contribution in [1.82, 2.24) is 5.32 Å². The first-order valence-corrected chi connectivity index (χ1v) is 5.99. The van der Waals surface area contributed by atoms with Crippen LogP contribution in [-0.2, 0) is 0 Å². The first-order valence-electron chi connectivity index (χ1n) is 4.39. The molecule has 5 nitrogen and oxygen atoms in total. The highest BCUT2D eigenvalue weighted by Crippen LogP contribution is 2.26. The second-order valence-corrected chi connectivity index (χ2v) is 4.03. The minimum Gasteiger partial charge on any atom is -0.478 e. The summed E-state index contributed by atoms with van der Waals surface area (Å²) in [6, 6.07) is 4.20. The smallest absolute Gasteiger partial charge is 0.335 e. The minimum absolute atomic E-state index is 0.0906. The Morgan fingerprint density at radius 1 is 1.65 bits per heavy atom. The predicted octanol–water partition coefficient (Wildman–Crippen LogP) is 2.46. The fourth-order valence-electron chi connectivity index (χ4n) is 1.01. The Hall–Kier alpha value is -1.71. The number of carboxylic acids is 1. The minimum atomic E-state index is -1.05. The Morgan fingerprint density at radius 2 is 2.35 bits per heavy atom. The number of nitriles is 1. The first kappa shape index (κ1) is 13.4. The molecule has 0 saturated carbocycles. The van der Waals surface area contributed by atoms with Crippen molar-refractivity contribution in [3.63, 3.8) is 0 Å². The summed E-state index contributed by atoms with van der Waals surface area (Å²) in [7, 11) is 0. The van der Waals surface area contributed by atoms with E-state index in [4.69, 9.17) is 22.0 Å². The molecule has 1 aromatic rings. The van der Waals surface area contributed by atoms with E-state index in [0.717, 1.165) is 0 Å². The Labute approximate surface area is 107 Å². The zero-order chi connectivity index (χ0) is 12.8. The molecule has 0 bridgehead atoms. The van der Waals surface area contributed by atoms with Gasteiger partial charge in [0, 0.05) is 0 Å². The van der Waals surface area contributed by atoms with Crippen LogP contribution < -0.4 is 5.32 Å². The van der Waals surface area contributed by atoms with E-state index in [2.05, 4.69) is 10.3 Å². The van der Waals surface area contributed by atoms with Gasteiger partial charge in [0.15, 0.2) is 11.4 Å². The van der Waals surface area contributed by atoms with Crippen molar-refractivity contribution < 1.29 is 9.90 Å². The Bertz CT molecular complexity index is 511. The molecule has 0 amide bonds. The molecule has 0 radical (unpaired) electrons. The summed E-state index contributed by atoms with van der Waals surface area (Å²) in [6.45, 7) is 0. The normalized spacial score (nSPS) is 10.8. The quantitative estimate of drug-likeness (QED) is 0.373. The van der Waals surface area contributed by atoms with E-state index in [1.807, 2.05) is 0 Å². The van der Waals surface area contributed by atoms with Crippen LogP contribution in [0, 0.1) is 11.5 Å². The van der Waals surface area contributed by atoms with Gasteiger partial charge in [-0.15, -0.1) is 0 Å². The van der Waals surface area contributed by atoms with Crippen molar-refractivity contribution in [2.45, 2.75) is 0 Å². The number of halogens is 1. The van der Waals surface area contributed by atoms with Gasteiger partial charge in [0.25, 0.3) is 0 Å². The molecular formula is C10H8ClN3O2S. The highest BCUT2D eigenvalue weighted by Gasteiger charge is 2.07. The van der Waals surface area contributed by atoms with Gasteiger partial charge in [0.1, 0.15) is 0 Å². The van der Waals surface area contributed by atoms with Gasteiger partial charge in [-0.05, 0) is 24.5 Å². The summed E-state index contributed by atoms with van der Waals surface area (Å²) >= 11 is 7.13. The van der Waals surface area contributed by atoms with Crippen LogP contribution in [0.2, 0.25) is 5.02 Å². The average molecular weight is 270 g/mol. The summed E-state index contributed by atoms with van der Waals surface area (Å²) in [5, 5.41) is 20.2. The largest absolute Gasteiger partial charge is 0.478 e. The zero-order valence-corrected chi connectivity index (χ0v) is 10.3. The average Bonchev–Trinajstić information content (AvgIpc) is 2.30. The number of rotatable bonds is 2. The summed E-state index contributed by atoms with van der Waals surface area (Å²) in [4.78, 5) is 14.8. The van der Waals surface area contributed by atoms with Gasteiger partial charge in [-0.25, -0.2) is 9.79 Å². The number of carbonyl (C=O) groups is 1. The lowest BCUT2D eigenvalue weighted by atomic mass is 10.2.